The second-order valence-corrected chi connectivity index (χ2v) is 6.45. The summed E-state index contributed by atoms with van der Waals surface area (Å²) in [6, 6.07) is 11.9. The quantitative estimate of drug-likeness (QED) is 0.553. The third-order valence-corrected chi connectivity index (χ3v) is 4.54. The Hall–Kier alpha value is -2.99. The molecule has 4 rings (SSSR count). The summed E-state index contributed by atoms with van der Waals surface area (Å²) in [5.41, 5.74) is 2.87. The number of rotatable bonds is 3. The molecule has 0 N–H and O–H groups in total. The summed E-state index contributed by atoms with van der Waals surface area (Å²) in [4.78, 5) is 17.2. The van der Waals surface area contributed by atoms with Crippen LogP contribution >= 0.6 is 11.6 Å². The molecule has 0 amide bonds. The number of halogens is 2. The summed E-state index contributed by atoms with van der Waals surface area (Å²) < 4.78 is 16.2. The molecule has 0 unspecified atom stereocenters. The molecule has 0 atom stereocenters. The van der Waals surface area contributed by atoms with Crippen molar-refractivity contribution in [2.75, 3.05) is 0 Å². The second kappa shape index (κ2) is 6.38. The van der Waals surface area contributed by atoms with Gasteiger partial charge in [0.2, 0.25) is 0 Å². The predicted octanol–water partition coefficient (Wildman–Crippen LogP) is 3.73. The topological polar surface area (TPSA) is 52.7 Å². The highest BCUT2D eigenvalue weighted by molar-refractivity contribution is 6.31. The molecule has 0 aliphatic carbocycles. The van der Waals surface area contributed by atoms with Gasteiger partial charge in [0.1, 0.15) is 17.5 Å². The van der Waals surface area contributed by atoms with Crippen molar-refractivity contribution in [1.82, 2.24) is 19.3 Å². The molecule has 0 saturated heterocycles. The zero-order valence-corrected chi connectivity index (χ0v) is 14.6. The van der Waals surface area contributed by atoms with Crippen LogP contribution in [0.4, 0.5) is 4.39 Å². The molecule has 0 fully saturated rings. The Morgan fingerprint density at radius 1 is 1.15 bits per heavy atom. The van der Waals surface area contributed by atoms with E-state index in [1.165, 1.54) is 29.2 Å². The van der Waals surface area contributed by atoms with Crippen molar-refractivity contribution >= 4 is 22.6 Å². The van der Waals surface area contributed by atoms with Crippen molar-refractivity contribution in [3.05, 3.63) is 87.3 Å². The molecule has 0 bridgehead atoms. The maximum atomic E-state index is 13.2. The zero-order chi connectivity index (χ0) is 18.3. The van der Waals surface area contributed by atoms with Gasteiger partial charge in [0.05, 0.1) is 18.4 Å². The molecule has 2 heterocycles. The minimum Gasteiger partial charge on any atom is -0.294 e. The first-order chi connectivity index (χ1) is 12.5. The Morgan fingerprint density at radius 2 is 1.92 bits per heavy atom. The number of aryl methyl sites for hydroxylation is 1. The number of hydrogen-bond donors (Lipinski definition) is 0. The van der Waals surface area contributed by atoms with Crippen LogP contribution in [-0.4, -0.2) is 19.3 Å². The summed E-state index contributed by atoms with van der Waals surface area (Å²) in [5, 5.41) is 4.98. The summed E-state index contributed by atoms with van der Waals surface area (Å²) >= 11 is 6.05. The van der Waals surface area contributed by atoms with Crippen molar-refractivity contribution in [1.29, 1.82) is 0 Å². The lowest BCUT2D eigenvalue weighted by Gasteiger charge is -2.08. The second-order valence-electron chi connectivity index (χ2n) is 6.04. The van der Waals surface area contributed by atoms with Gasteiger partial charge in [0.25, 0.3) is 5.56 Å². The average Bonchev–Trinajstić information content (AvgIpc) is 3.05. The fourth-order valence-electron chi connectivity index (χ4n) is 2.77. The van der Waals surface area contributed by atoms with Crippen LogP contribution in [0.1, 0.15) is 11.1 Å². The van der Waals surface area contributed by atoms with Crippen LogP contribution in [0.5, 0.6) is 0 Å². The average molecular weight is 369 g/mol. The van der Waals surface area contributed by atoms with E-state index in [1.54, 1.807) is 10.7 Å². The number of aromatic nitrogens is 4. The highest BCUT2D eigenvalue weighted by atomic mass is 35.5. The van der Waals surface area contributed by atoms with Crippen LogP contribution < -0.4 is 5.56 Å². The molecule has 0 aliphatic rings. The normalized spacial score (nSPS) is 11.2. The fraction of sp³-hybridized carbons (Fsp3) is 0.105. The first kappa shape index (κ1) is 16.5. The van der Waals surface area contributed by atoms with E-state index in [0.29, 0.717) is 16.6 Å². The lowest BCUT2D eigenvalue weighted by molar-refractivity contribution is 0.626. The van der Waals surface area contributed by atoms with Gasteiger partial charge in [-0.1, -0.05) is 35.4 Å². The molecule has 26 heavy (non-hydrogen) atoms. The molecule has 7 heteroatoms. The van der Waals surface area contributed by atoms with Crippen molar-refractivity contribution in [2.45, 2.75) is 13.5 Å². The standard InChI is InChI=1S/C19H14ClFN4O/c1-12-2-6-15(7-3-12)25-18-16(9-23-25)19(26)24(11-22-18)10-13-4-5-14(21)8-17(13)20/h2-9,11H,10H2,1H3. The van der Waals surface area contributed by atoms with Gasteiger partial charge in [-0.3, -0.25) is 9.36 Å². The third kappa shape index (κ3) is 2.88. The predicted molar refractivity (Wildman–Crippen MR) is 98.4 cm³/mol. The van der Waals surface area contributed by atoms with E-state index in [1.807, 2.05) is 31.2 Å². The highest BCUT2D eigenvalue weighted by Crippen LogP contribution is 2.19. The zero-order valence-electron chi connectivity index (χ0n) is 13.9. The molecule has 0 saturated carbocycles. The molecule has 0 spiro atoms. The van der Waals surface area contributed by atoms with Crippen LogP contribution in [0.25, 0.3) is 16.7 Å². The summed E-state index contributed by atoms with van der Waals surface area (Å²) in [5.74, 6) is -0.418. The summed E-state index contributed by atoms with van der Waals surface area (Å²) in [6.45, 7) is 2.21. The number of hydrogen-bond acceptors (Lipinski definition) is 3. The maximum Gasteiger partial charge on any atom is 0.264 e. The molecule has 2 aromatic carbocycles. The van der Waals surface area contributed by atoms with Crippen LogP contribution in [-0.2, 0) is 6.54 Å². The van der Waals surface area contributed by atoms with Gasteiger partial charge >= 0.3 is 0 Å². The highest BCUT2D eigenvalue weighted by Gasteiger charge is 2.12. The van der Waals surface area contributed by atoms with E-state index in [4.69, 9.17) is 11.6 Å². The van der Waals surface area contributed by atoms with Crippen molar-refractivity contribution in [2.24, 2.45) is 0 Å². The monoisotopic (exact) mass is 368 g/mol. The van der Waals surface area contributed by atoms with Crippen molar-refractivity contribution in [3.63, 3.8) is 0 Å². The van der Waals surface area contributed by atoms with E-state index in [9.17, 15) is 9.18 Å². The molecule has 2 aromatic heterocycles. The number of fused-ring (bicyclic) bond motifs is 1. The minimum absolute atomic E-state index is 0.205. The Bertz CT molecular complexity index is 1160. The SMILES string of the molecule is Cc1ccc(-n2ncc3c(=O)n(Cc4ccc(F)cc4Cl)cnc32)cc1. The number of nitrogens with zero attached hydrogens (tertiary/aromatic N) is 4. The van der Waals surface area contributed by atoms with E-state index < -0.39 is 5.82 Å². The Morgan fingerprint density at radius 3 is 2.65 bits per heavy atom. The van der Waals surface area contributed by atoms with Gasteiger partial charge < -0.3 is 0 Å². The molecular weight excluding hydrogens is 355 g/mol. The summed E-state index contributed by atoms with van der Waals surface area (Å²) in [6.07, 6.45) is 2.96. The molecular formula is C19H14ClFN4O. The minimum atomic E-state index is -0.418. The van der Waals surface area contributed by atoms with Crippen LogP contribution in [0.3, 0.4) is 0 Å². The van der Waals surface area contributed by atoms with E-state index in [-0.39, 0.29) is 17.1 Å². The van der Waals surface area contributed by atoms with E-state index in [0.717, 1.165) is 11.3 Å². The van der Waals surface area contributed by atoms with Gasteiger partial charge in [-0.15, -0.1) is 0 Å². The molecule has 0 radical (unpaired) electrons. The van der Waals surface area contributed by atoms with Gasteiger partial charge in [-0.25, -0.2) is 14.1 Å². The van der Waals surface area contributed by atoms with Gasteiger partial charge in [-0.2, -0.15) is 5.10 Å². The molecule has 5 nitrogen and oxygen atoms in total. The lowest BCUT2D eigenvalue weighted by atomic mass is 10.2. The van der Waals surface area contributed by atoms with Gasteiger partial charge in [-0.05, 0) is 36.8 Å². The lowest BCUT2D eigenvalue weighted by Crippen LogP contribution is -2.21. The largest absolute Gasteiger partial charge is 0.294 e. The van der Waals surface area contributed by atoms with Crippen LogP contribution in [0.15, 0.2) is 59.8 Å². The van der Waals surface area contributed by atoms with Crippen LogP contribution in [0, 0.1) is 12.7 Å². The van der Waals surface area contributed by atoms with E-state index in [2.05, 4.69) is 10.1 Å². The van der Waals surface area contributed by atoms with E-state index >= 15 is 0 Å². The van der Waals surface area contributed by atoms with Crippen molar-refractivity contribution in [3.8, 4) is 5.69 Å². The molecule has 4 aromatic rings. The number of benzene rings is 2. The van der Waals surface area contributed by atoms with Crippen molar-refractivity contribution < 1.29 is 4.39 Å². The first-order valence-corrected chi connectivity index (χ1v) is 8.35. The third-order valence-electron chi connectivity index (χ3n) is 4.19. The smallest absolute Gasteiger partial charge is 0.264 e. The van der Waals surface area contributed by atoms with Crippen LogP contribution in [0.2, 0.25) is 5.02 Å². The van der Waals surface area contributed by atoms with Gasteiger partial charge in [0, 0.05) is 5.02 Å². The maximum absolute atomic E-state index is 13.2. The Labute approximate surface area is 153 Å². The Balaban J connectivity index is 1.76. The Kier molecular flexibility index (Phi) is 4.05. The molecule has 0 aliphatic heterocycles. The summed E-state index contributed by atoms with van der Waals surface area (Å²) in [7, 11) is 0. The first-order valence-electron chi connectivity index (χ1n) is 7.97. The van der Waals surface area contributed by atoms with Gasteiger partial charge in [0.15, 0.2) is 5.65 Å². The molecule has 130 valence electrons. The fourth-order valence-corrected chi connectivity index (χ4v) is 3.00.